The van der Waals surface area contributed by atoms with E-state index in [1.807, 2.05) is 0 Å². The van der Waals surface area contributed by atoms with Gasteiger partial charge in [-0.25, -0.2) is 0 Å². The van der Waals surface area contributed by atoms with Crippen LogP contribution in [0.2, 0.25) is 0 Å². The van der Waals surface area contributed by atoms with Gasteiger partial charge < -0.3 is 5.53 Å². The van der Waals surface area contributed by atoms with Crippen LogP contribution in [0.4, 0.5) is 0 Å². The molecule has 0 unspecified atom stereocenters. The van der Waals surface area contributed by atoms with Crippen molar-refractivity contribution in [1.29, 1.82) is 0 Å². The third-order valence-corrected chi connectivity index (χ3v) is 9.25. The fraction of sp³-hybridized carbons (Fsp3) is 0.600. The van der Waals surface area contributed by atoms with Crippen molar-refractivity contribution in [1.82, 2.24) is 0 Å². The summed E-state index contributed by atoms with van der Waals surface area (Å²) in [5.74, 6) is 9.78. The van der Waals surface area contributed by atoms with Crippen LogP contribution in [-0.2, 0) is 12.8 Å². The van der Waals surface area contributed by atoms with Crippen molar-refractivity contribution >= 4 is 11.4 Å². The van der Waals surface area contributed by atoms with Crippen LogP contribution in [0.3, 0.4) is 0 Å². The smallest absolute Gasteiger partial charge is 0.303 e. The second kappa shape index (κ2) is 28.0. The highest BCUT2D eigenvalue weighted by atomic mass is 14.8. The Balaban J connectivity index is 1.84. The molecule has 0 aliphatic heterocycles. The molecule has 0 saturated carbocycles. The van der Waals surface area contributed by atoms with E-state index in [4.69, 9.17) is 0 Å². The molecule has 0 fully saturated rings. The minimum Gasteiger partial charge on any atom is -0.348 e. The molecule has 0 saturated heterocycles. The molecule has 0 bridgehead atoms. The molecular formula is C45H66N2. The number of hydrogen-bond donors (Lipinski definition) is 0. The van der Waals surface area contributed by atoms with Crippen LogP contribution in [0.1, 0.15) is 184 Å². The molecule has 0 N–H and O–H groups in total. The highest BCUT2D eigenvalue weighted by Gasteiger charge is 2.12. The zero-order chi connectivity index (χ0) is 33.6. The Morgan fingerprint density at radius 2 is 1.15 bits per heavy atom. The molecule has 0 amide bonds. The van der Waals surface area contributed by atoms with Crippen molar-refractivity contribution in [3.05, 3.63) is 88.0 Å². The summed E-state index contributed by atoms with van der Waals surface area (Å²) in [6, 6.07) is 17.8. The van der Waals surface area contributed by atoms with Crippen molar-refractivity contribution in [2.75, 3.05) is 0 Å². The van der Waals surface area contributed by atoms with Gasteiger partial charge in [-0.2, -0.15) is 0 Å². The summed E-state index contributed by atoms with van der Waals surface area (Å²) >= 11 is 0. The van der Waals surface area contributed by atoms with E-state index >= 15 is 0 Å². The van der Waals surface area contributed by atoms with Gasteiger partial charge in [-0.05, 0) is 72.4 Å². The molecule has 0 heterocycles. The van der Waals surface area contributed by atoms with Crippen molar-refractivity contribution < 1.29 is 4.79 Å². The summed E-state index contributed by atoms with van der Waals surface area (Å²) in [6.07, 6.45) is 32.4. The first-order valence-electron chi connectivity index (χ1n) is 19.5. The van der Waals surface area contributed by atoms with Gasteiger partial charge in [0.05, 0.1) is 5.57 Å². The average molecular weight is 635 g/mol. The Morgan fingerprint density at radius 3 is 1.74 bits per heavy atom. The van der Waals surface area contributed by atoms with E-state index in [1.165, 1.54) is 131 Å². The maximum Gasteiger partial charge on any atom is 0.303 e. The summed E-state index contributed by atoms with van der Waals surface area (Å²) in [5, 5.41) is 0. The standard InChI is InChI=1S/C45H66N2/c1-4-7-10-11-12-13-14-15-16-17-18-19-20-21-22-23-24-25-26-31-42-32-27-28-33-44(42)45(38-41(39-47-46)30-9-6-3)43-36-34-40(35-37-43)29-8-5-2/h27-28,32-38H,4-23,26,29-31H2,1-3H3. The number of nitrogens with zero attached hydrogens (tertiary/aromatic N) is 2. The Morgan fingerprint density at radius 1 is 0.596 bits per heavy atom. The van der Waals surface area contributed by atoms with Crippen LogP contribution in [-0.4, -0.2) is 10.7 Å². The van der Waals surface area contributed by atoms with E-state index in [9.17, 15) is 5.53 Å². The van der Waals surface area contributed by atoms with E-state index in [2.05, 4.69) is 97.9 Å². The Hall–Kier alpha value is -3.10. The fourth-order valence-electron chi connectivity index (χ4n) is 6.27. The van der Waals surface area contributed by atoms with Crippen LogP contribution in [0, 0.1) is 11.8 Å². The minimum absolute atomic E-state index is 0.839. The number of aryl methyl sites for hydroxylation is 2. The first-order chi connectivity index (χ1) is 23.2. The summed E-state index contributed by atoms with van der Waals surface area (Å²) in [4.78, 5) is 3.28. The normalized spacial score (nSPS) is 11.1. The van der Waals surface area contributed by atoms with Gasteiger partial charge in [0.1, 0.15) is 0 Å². The van der Waals surface area contributed by atoms with E-state index in [1.54, 1.807) is 0 Å². The van der Waals surface area contributed by atoms with Gasteiger partial charge in [-0.3, -0.25) is 0 Å². The van der Waals surface area contributed by atoms with Gasteiger partial charge in [-0.15, -0.1) is 16.6 Å². The lowest BCUT2D eigenvalue weighted by molar-refractivity contribution is 0.00746. The van der Waals surface area contributed by atoms with Crippen LogP contribution in [0.25, 0.3) is 11.1 Å². The molecular weight excluding hydrogens is 569 g/mol. The summed E-state index contributed by atoms with van der Waals surface area (Å²) in [5.41, 5.74) is 16.5. The lowest BCUT2D eigenvalue weighted by Crippen LogP contribution is -1.98. The van der Waals surface area contributed by atoms with Crippen molar-refractivity contribution in [2.45, 2.75) is 175 Å². The average Bonchev–Trinajstić information content (AvgIpc) is 3.10. The fourth-order valence-corrected chi connectivity index (χ4v) is 6.27. The zero-order valence-electron chi connectivity index (χ0n) is 30.6. The maximum absolute atomic E-state index is 9.34. The molecule has 47 heavy (non-hydrogen) atoms. The topological polar surface area (TPSA) is 36.4 Å². The van der Waals surface area contributed by atoms with Crippen LogP contribution in [0.5, 0.6) is 0 Å². The highest BCUT2D eigenvalue weighted by Crippen LogP contribution is 2.30. The predicted octanol–water partition coefficient (Wildman–Crippen LogP) is 13.7. The molecule has 2 aromatic carbocycles. The molecule has 0 atom stereocenters. The number of rotatable bonds is 26. The highest BCUT2D eigenvalue weighted by molar-refractivity contribution is 5.84. The quantitative estimate of drug-likeness (QED) is 0.0246. The third kappa shape index (κ3) is 18.7. The Bertz CT molecular complexity index is 1260. The zero-order valence-corrected chi connectivity index (χ0v) is 30.6. The van der Waals surface area contributed by atoms with Gasteiger partial charge in [-0.1, -0.05) is 172 Å². The van der Waals surface area contributed by atoms with E-state index in [0.29, 0.717) is 0 Å². The lowest BCUT2D eigenvalue weighted by atomic mass is 9.89. The minimum atomic E-state index is 0.839. The van der Waals surface area contributed by atoms with Crippen molar-refractivity contribution in [2.24, 2.45) is 0 Å². The second-order valence-electron chi connectivity index (χ2n) is 13.4. The molecule has 0 aromatic heterocycles. The maximum atomic E-state index is 9.34. The Kier molecular flexibility index (Phi) is 23.8. The number of benzene rings is 2. The van der Waals surface area contributed by atoms with Crippen molar-refractivity contribution in [3.63, 3.8) is 0 Å². The monoisotopic (exact) mass is 635 g/mol. The molecule has 2 aromatic rings. The molecule has 2 heteroatoms. The van der Waals surface area contributed by atoms with E-state index < -0.39 is 0 Å². The second-order valence-corrected chi connectivity index (χ2v) is 13.4. The third-order valence-electron chi connectivity index (χ3n) is 9.25. The molecule has 256 valence electrons. The van der Waals surface area contributed by atoms with Crippen LogP contribution >= 0.6 is 0 Å². The molecule has 2 nitrogen and oxygen atoms in total. The van der Waals surface area contributed by atoms with Crippen LogP contribution < -0.4 is 0 Å². The van der Waals surface area contributed by atoms with E-state index in [0.717, 1.165) is 56.1 Å². The summed E-state index contributed by atoms with van der Waals surface area (Å²) < 4.78 is 0. The molecule has 0 aliphatic carbocycles. The predicted molar refractivity (Wildman–Crippen MR) is 206 cm³/mol. The van der Waals surface area contributed by atoms with Gasteiger partial charge in [0.25, 0.3) is 0 Å². The molecule has 2 rings (SSSR count). The number of hydrogen-bond acceptors (Lipinski definition) is 0. The number of unbranched alkanes of at least 4 members (excludes halogenated alkanes) is 17. The summed E-state index contributed by atoms with van der Waals surface area (Å²) in [7, 11) is 0. The van der Waals surface area contributed by atoms with Gasteiger partial charge in [0, 0.05) is 12.8 Å². The van der Waals surface area contributed by atoms with Gasteiger partial charge in [0.2, 0.25) is 0 Å². The largest absolute Gasteiger partial charge is 0.348 e. The Labute approximate surface area is 290 Å². The SMILES string of the molecule is CCCCCCCCCCCCCCCCCC#CCCc1ccccc1C(=CC(=C=[N+]=[N-])CCCC)c1ccc(CCCC)cc1. The van der Waals surface area contributed by atoms with Gasteiger partial charge >= 0.3 is 5.87 Å². The van der Waals surface area contributed by atoms with E-state index in [-0.39, 0.29) is 0 Å². The lowest BCUT2D eigenvalue weighted by Gasteiger charge is -2.14. The van der Waals surface area contributed by atoms with Crippen molar-refractivity contribution in [3.8, 4) is 11.8 Å². The first kappa shape index (κ1) is 40.1. The molecule has 0 radical (unpaired) electrons. The molecule has 0 spiro atoms. The summed E-state index contributed by atoms with van der Waals surface area (Å²) in [6.45, 7) is 6.72. The van der Waals surface area contributed by atoms with Crippen LogP contribution in [0.15, 0.2) is 60.2 Å². The first-order valence-corrected chi connectivity index (χ1v) is 19.5. The molecule has 0 aliphatic rings. The number of allylic oxidation sites excluding steroid dienone is 2. The van der Waals surface area contributed by atoms with Gasteiger partial charge in [0.15, 0.2) is 0 Å².